The number of anilines is 1. The molecule has 100 valence electrons. The van der Waals surface area contributed by atoms with E-state index in [9.17, 15) is 9.90 Å². The zero-order valence-corrected chi connectivity index (χ0v) is 10.3. The number of amides is 1. The smallest absolute Gasteiger partial charge is 0.257 e. The van der Waals surface area contributed by atoms with Gasteiger partial charge in [-0.15, -0.1) is 0 Å². The van der Waals surface area contributed by atoms with Crippen LogP contribution in [0.4, 0.5) is 5.69 Å². The molecule has 6 nitrogen and oxygen atoms in total. The number of nitrogen functional groups attached to an aromatic ring is 1. The van der Waals surface area contributed by atoms with Crippen LogP contribution >= 0.6 is 0 Å². The summed E-state index contributed by atoms with van der Waals surface area (Å²) < 4.78 is 4.90. The van der Waals surface area contributed by atoms with E-state index in [2.05, 4.69) is 0 Å². The van der Waals surface area contributed by atoms with Crippen LogP contribution in [0.3, 0.4) is 0 Å². The maximum absolute atomic E-state index is 12.2. The minimum absolute atomic E-state index is 0.125. The number of ether oxygens (including phenoxy) is 1. The number of methoxy groups -OCH3 is 1. The molecule has 6 heteroatoms. The molecule has 1 aromatic carbocycles. The highest BCUT2D eigenvalue weighted by molar-refractivity contribution is 5.98. The Balaban J connectivity index is 2.90. The second-order valence-electron chi connectivity index (χ2n) is 3.75. The lowest BCUT2D eigenvalue weighted by atomic mass is 10.1. The number of phenolic OH excluding ortho intramolecular Hbond substituents is 1. The molecular weight excluding hydrogens is 236 g/mol. The molecule has 0 radical (unpaired) electrons. The molecule has 1 amide bonds. The molecule has 1 rings (SSSR count). The van der Waals surface area contributed by atoms with Crippen molar-refractivity contribution >= 4 is 11.6 Å². The highest BCUT2D eigenvalue weighted by atomic mass is 16.5. The van der Waals surface area contributed by atoms with Gasteiger partial charge in [-0.3, -0.25) is 4.79 Å². The minimum Gasteiger partial charge on any atom is -0.505 e. The van der Waals surface area contributed by atoms with Crippen LogP contribution in [0.15, 0.2) is 18.2 Å². The van der Waals surface area contributed by atoms with Gasteiger partial charge in [0.2, 0.25) is 0 Å². The molecule has 0 spiro atoms. The summed E-state index contributed by atoms with van der Waals surface area (Å²) in [4.78, 5) is 13.6. The standard InChI is InChI=1S/C12H18N2O4/c1-18-8-6-14(5-7-15)12(17)9-3-2-4-10(13)11(9)16/h2-4,15-16H,5-8,13H2,1H3. The molecule has 0 saturated heterocycles. The monoisotopic (exact) mass is 254 g/mol. The Morgan fingerprint density at radius 1 is 1.44 bits per heavy atom. The SMILES string of the molecule is COCCN(CCO)C(=O)c1cccc(N)c1O. The third-order valence-corrected chi connectivity index (χ3v) is 2.52. The number of nitrogens with two attached hydrogens (primary N) is 1. The topological polar surface area (TPSA) is 96.0 Å². The van der Waals surface area contributed by atoms with Gasteiger partial charge in [0.05, 0.1) is 24.5 Å². The Hall–Kier alpha value is -1.79. The number of aliphatic hydroxyl groups excluding tert-OH is 1. The molecule has 0 aliphatic heterocycles. The molecule has 0 atom stereocenters. The van der Waals surface area contributed by atoms with Crippen LogP contribution < -0.4 is 5.73 Å². The van der Waals surface area contributed by atoms with Crippen molar-refractivity contribution in [2.75, 3.05) is 39.1 Å². The number of phenols is 1. The molecule has 0 aromatic heterocycles. The first kappa shape index (κ1) is 14.3. The predicted octanol–water partition coefficient (Wildman–Crippen LogP) is 0.0553. The molecular formula is C12H18N2O4. The average molecular weight is 254 g/mol. The normalized spacial score (nSPS) is 10.3. The molecule has 4 N–H and O–H groups in total. The van der Waals surface area contributed by atoms with Gasteiger partial charge < -0.3 is 25.6 Å². The molecule has 0 unspecified atom stereocenters. The fraction of sp³-hybridized carbons (Fsp3) is 0.417. The van der Waals surface area contributed by atoms with Gasteiger partial charge in [0.15, 0.2) is 5.75 Å². The number of benzene rings is 1. The van der Waals surface area contributed by atoms with E-state index in [0.29, 0.717) is 13.2 Å². The van der Waals surface area contributed by atoms with E-state index in [0.717, 1.165) is 0 Å². The molecule has 0 aliphatic carbocycles. The summed E-state index contributed by atoms with van der Waals surface area (Å²) in [6, 6.07) is 4.60. The van der Waals surface area contributed by atoms with Crippen LogP contribution in [0, 0.1) is 0 Å². The minimum atomic E-state index is -0.383. The highest BCUT2D eigenvalue weighted by Gasteiger charge is 2.19. The molecule has 1 aromatic rings. The first-order chi connectivity index (χ1) is 8.61. The van der Waals surface area contributed by atoms with Crippen molar-refractivity contribution < 1.29 is 19.7 Å². The van der Waals surface area contributed by atoms with Crippen molar-refractivity contribution in [2.45, 2.75) is 0 Å². The number of hydrogen-bond donors (Lipinski definition) is 3. The summed E-state index contributed by atoms with van der Waals surface area (Å²) in [6.45, 7) is 0.716. The van der Waals surface area contributed by atoms with Gasteiger partial charge in [0.1, 0.15) is 0 Å². The van der Waals surface area contributed by atoms with Gasteiger partial charge >= 0.3 is 0 Å². The van der Waals surface area contributed by atoms with Crippen molar-refractivity contribution in [1.29, 1.82) is 0 Å². The van der Waals surface area contributed by atoms with Crippen molar-refractivity contribution in [1.82, 2.24) is 4.90 Å². The van der Waals surface area contributed by atoms with E-state index >= 15 is 0 Å². The zero-order chi connectivity index (χ0) is 13.5. The number of carbonyl (C=O) groups is 1. The second kappa shape index (κ2) is 6.83. The van der Waals surface area contributed by atoms with Crippen LogP contribution in [-0.2, 0) is 4.74 Å². The van der Waals surface area contributed by atoms with Gasteiger partial charge in [-0.2, -0.15) is 0 Å². The summed E-state index contributed by atoms with van der Waals surface area (Å²) in [6.07, 6.45) is 0. The number of aromatic hydroxyl groups is 1. The van der Waals surface area contributed by atoms with Crippen LogP contribution in [0.2, 0.25) is 0 Å². The fourth-order valence-electron chi connectivity index (χ4n) is 1.54. The summed E-state index contributed by atoms with van der Waals surface area (Å²) in [5.74, 6) is -0.617. The average Bonchev–Trinajstić information content (AvgIpc) is 2.37. The highest BCUT2D eigenvalue weighted by Crippen LogP contribution is 2.25. The number of aliphatic hydroxyl groups is 1. The molecule has 0 aliphatic rings. The van der Waals surface area contributed by atoms with Crippen LogP contribution in [0.25, 0.3) is 0 Å². The van der Waals surface area contributed by atoms with Gasteiger partial charge in [-0.1, -0.05) is 6.07 Å². The van der Waals surface area contributed by atoms with E-state index in [4.69, 9.17) is 15.6 Å². The molecule has 0 heterocycles. The maximum Gasteiger partial charge on any atom is 0.257 e. The van der Waals surface area contributed by atoms with Crippen molar-refractivity contribution in [2.24, 2.45) is 0 Å². The zero-order valence-electron chi connectivity index (χ0n) is 10.3. The van der Waals surface area contributed by atoms with Crippen LogP contribution in [-0.4, -0.2) is 54.4 Å². The molecule has 0 fully saturated rings. The molecule has 0 saturated carbocycles. The van der Waals surface area contributed by atoms with Crippen molar-refractivity contribution in [3.05, 3.63) is 23.8 Å². The Kier molecular flexibility index (Phi) is 5.41. The quantitative estimate of drug-likeness (QED) is 0.492. The number of hydrogen-bond acceptors (Lipinski definition) is 5. The predicted molar refractivity (Wildman–Crippen MR) is 67.4 cm³/mol. The molecule has 0 bridgehead atoms. The number of nitrogens with zero attached hydrogens (tertiary/aromatic N) is 1. The van der Waals surface area contributed by atoms with Crippen molar-refractivity contribution in [3.8, 4) is 5.75 Å². The Labute approximate surface area is 106 Å². The Morgan fingerprint density at radius 2 is 2.17 bits per heavy atom. The first-order valence-electron chi connectivity index (χ1n) is 5.58. The Bertz CT molecular complexity index is 409. The van der Waals surface area contributed by atoms with Crippen molar-refractivity contribution in [3.63, 3.8) is 0 Å². The lowest BCUT2D eigenvalue weighted by molar-refractivity contribution is 0.0653. The largest absolute Gasteiger partial charge is 0.505 e. The lowest BCUT2D eigenvalue weighted by Gasteiger charge is -2.22. The lowest BCUT2D eigenvalue weighted by Crippen LogP contribution is -2.36. The maximum atomic E-state index is 12.2. The number of carbonyl (C=O) groups excluding carboxylic acids is 1. The summed E-state index contributed by atoms with van der Waals surface area (Å²) in [5, 5.41) is 18.7. The molecule has 18 heavy (non-hydrogen) atoms. The van der Waals surface area contributed by atoms with Gasteiger partial charge in [-0.25, -0.2) is 0 Å². The number of rotatable bonds is 6. The Morgan fingerprint density at radius 3 is 2.78 bits per heavy atom. The van der Waals surface area contributed by atoms with E-state index in [1.165, 1.54) is 24.1 Å². The van der Waals surface area contributed by atoms with Gasteiger partial charge in [0.25, 0.3) is 5.91 Å². The van der Waals surface area contributed by atoms with E-state index in [1.807, 2.05) is 0 Å². The van der Waals surface area contributed by atoms with E-state index in [1.54, 1.807) is 6.07 Å². The second-order valence-corrected chi connectivity index (χ2v) is 3.75. The third kappa shape index (κ3) is 3.35. The fourth-order valence-corrected chi connectivity index (χ4v) is 1.54. The third-order valence-electron chi connectivity index (χ3n) is 2.52. The summed E-state index contributed by atoms with van der Waals surface area (Å²) in [5.41, 5.74) is 5.81. The van der Waals surface area contributed by atoms with Crippen LogP contribution in [0.5, 0.6) is 5.75 Å². The van der Waals surface area contributed by atoms with E-state index in [-0.39, 0.29) is 36.1 Å². The summed E-state index contributed by atoms with van der Waals surface area (Å²) in [7, 11) is 1.53. The van der Waals surface area contributed by atoms with Crippen LogP contribution in [0.1, 0.15) is 10.4 Å². The number of para-hydroxylation sites is 1. The summed E-state index contributed by atoms with van der Waals surface area (Å²) >= 11 is 0. The first-order valence-corrected chi connectivity index (χ1v) is 5.58. The van der Waals surface area contributed by atoms with Gasteiger partial charge in [-0.05, 0) is 12.1 Å². The van der Waals surface area contributed by atoms with E-state index < -0.39 is 0 Å². The van der Waals surface area contributed by atoms with Gasteiger partial charge in [0, 0.05) is 20.2 Å².